The molecule has 0 aliphatic heterocycles. The lowest BCUT2D eigenvalue weighted by molar-refractivity contribution is 0.414. The molecular formula is C17H20N2O2S. The van der Waals surface area contributed by atoms with E-state index >= 15 is 0 Å². The first kappa shape index (κ1) is 16.4. The second-order valence-corrected chi connectivity index (χ2v) is 5.93. The minimum Gasteiger partial charge on any atom is -0.497 e. The van der Waals surface area contributed by atoms with E-state index < -0.39 is 0 Å². The molecule has 0 aliphatic rings. The van der Waals surface area contributed by atoms with Gasteiger partial charge in [0.25, 0.3) is 5.56 Å². The maximum atomic E-state index is 12.6. The first-order valence-electron chi connectivity index (χ1n) is 7.00. The van der Waals surface area contributed by atoms with Crippen molar-refractivity contribution in [3.05, 3.63) is 64.1 Å². The lowest BCUT2D eigenvalue weighted by Crippen LogP contribution is -2.25. The number of ether oxygens (including phenoxy) is 1. The molecule has 116 valence electrons. The first-order chi connectivity index (χ1) is 10.6. The fourth-order valence-electron chi connectivity index (χ4n) is 2.14. The van der Waals surface area contributed by atoms with Crippen LogP contribution < -0.4 is 10.3 Å². The summed E-state index contributed by atoms with van der Waals surface area (Å²) in [6.45, 7) is 5.58. The van der Waals surface area contributed by atoms with Crippen LogP contribution in [0.2, 0.25) is 0 Å². The van der Waals surface area contributed by atoms with Gasteiger partial charge in [-0.05, 0) is 24.6 Å². The summed E-state index contributed by atoms with van der Waals surface area (Å²) < 4.78 is 6.76. The Kier molecular flexibility index (Phi) is 5.44. The number of hydrogen-bond donors (Lipinski definition) is 0. The van der Waals surface area contributed by atoms with E-state index in [1.807, 2.05) is 31.2 Å². The van der Waals surface area contributed by atoms with E-state index in [9.17, 15) is 4.79 Å². The molecule has 2 rings (SSSR count). The van der Waals surface area contributed by atoms with Gasteiger partial charge in [-0.1, -0.05) is 30.0 Å². The van der Waals surface area contributed by atoms with Crippen LogP contribution in [-0.4, -0.2) is 22.4 Å². The molecule has 2 aromatic rings. The van der Waals surface area contributed by atoms with Gasteiger partial charge in [-0.15, -0.1) is 6.58 Å². The maximum absolute atomic E-state index is 12.6. The van der Waals surface area contributed by atoms with Crippen LogP contribution in [-0.2, 0) is 13.5 Å². The third kappa shape index (κ3) is 3.60. The summed E-state index contributed by atoms with van der Waals surface area (Å²) in [5.74, 6) is 1.54. The highest BCUT2D eigenvalue weighted by Crippen LogP contribution is 2.18. The fraction of sp³-hybridized carbons (Fsp3) is 0.294. The summed E-state index contributed by atoms with van der Waals surface area (Å²) in [7, 11) is 3.40. The molecule has 0 bridgehead atoms. The molecule has 0 N–H and O–H groups in total. The van der Waals surface area contributed by atoms with E-state index in [0.29, 0.717) is 6.42 Å². The number of methoxy groups -OCH3 is 1. The molecule has 0 amide bonds. The van der Waals surface area contributed by atoms with Crippen LogP contribution in [0.5, 0.6) is 5.75 Å². The lowest BCUT2D eigenvalue weighted by atomic mass is 10.1. The van der Waals surface area contributed by atoms with Crippen molar-refractivity contribution in [1.29, 1.82) is 0 Å². The highest BCUT2D eigenvalue weighted by Gasteiger charge is 2.12. The SMILES string of the molecule is C=CCSc1nc(C)c(Cc2ccc(OC)cc2)c(=O)n1C. The van der Waals surface area contributed by atoms with Crippen LogP contribution in [0.1, 0.15) is 16.8 Å². The van der Waals surface area contributed by atoms with Crippen molar-refractivity contribution in [2.24, 2.45) is 7.05 Å². The van der Waals surface area contributed by atoms with Crippen LogP contribution in [0.25, 0.3) is 0 Å². The van der Waals surface area contributed by atoms with Crippen LogP contribution in [0.3, 0.4) is 0 Å². The van der Waals surface area contributed by atoms with E-state index in [1.165, 1.54) is 11.8 Å². The van der Waals surface area contributed by atoms with Crippen molar-refractivity contribution in [3.63, 3.8) is 0 Å². The molecular weight excluding hydrogens is 296 g/mol. The topological polar surface area (TPSA) is 44.1 Å². The fourth-order valence-corrected chi connectivity index (χ4v) is 2.89. The number of thioether (sulfide) groups is 1. The Hall–Kier alpha value is -2.01. The van der Waals surface area contributed by atoms with Crippen molar-refractivity contribution < 1.29 is 4.74 Å². The molecule has 4 nitrogen and oxygen atoms in total. The van der Waals surface area contributed by atoms with Crippen molar-refractivity contribution in [2.75, 3.05) is 12.9 Å². The molecule has 0 spiro atoms. The second-order valence-electron chi connectivity index (χ2n) is 4.95. The summed E-state index contributed by atoms with van der Waals surface area (Å²) in [6.07, 6.45) is 2.37. The van der Waals surface area contributed by atoms with Crippen molar-refractivity contribution in [2.45, 2.75) is 18.5 Å². The Morgan fingerprint density at radius 1 is 1.36 bits per heavy atom. The summed E-state index contributed by atoms with van der Waals surface area (Å²) >= 11 is 1.51. The van der Waals surface area contributed by atoms with Crippen LogP contribution >= 0.6 is 11.8 Å². The number of nitrogens with zero attached hydrogens (tertiary/aromatic N) is 2. The third-order valence-electron chi connectivity index (χ3n) is 3.42. The zero-order valence-electron chi connectivity index (χ0n) is 13.1. The van der Waals surface area contributed by atoms with Gasteiger partial charge in [0.1, 0.15) is 5.75 Å². The van der Waals surface area contributed by atoms with Crippen LogP contribution in [0.4, 0.5) is 0 Å². The number of hydrogen-bond acceptors (Lipinski definition) is 4. The summed E-state index contributed by atoms with van der Waals surface area (Å²) in [6, 6.07) is 7.74. The Morgan fingerprint density at radius 3 is 2.64 bits per heavy atom. The van der Waals surface area contributed by atoms with Gasteiger partial charge in [-0.3, -0.25) is 9.36 Å². The number of rotatable bonds is 6. The standard InChI is InChI=1S/C17H20N2O2S/c1-5-10-22-17-18-12(2)15(16(20)19(17)3)11-13-6-8-14(21-4)9-7-13/h5-9H,1,10-11H2,2-4H3. The first-order valence-corrected chi connectivity index (χ1v) is 7.98. The van der Waals surface area contributed by atoms with Crippen LogP contribution in [0, 0.1) is 6.92 Å². The monoisotopic (exact) mass is 316 g/mol. The van der Waals surface area contributed by atoms with Gasteiger partial charge < -0.3 is 4.74 Å². The molecule has 0 saturated carbocycles. The van der Waals surface area contributed by atoms with Crippen molar-refractivity contribution in [1.82, 2.24) is 9.55 Å². The van der Waals surface area contributed by atoms with Crippen molar-refractivity contribution in [3.8, 4) is 5.75 Å². The molecule has 1 aromatic carbocycles. The van der Waals surface area contributed by atoms with Gasteiger partial charge in [0.2, 0.25) is 0 Å². The largest absolute Gasteiger partial charge is 0.497 e. The third-order valence-corrected chi connectivity index (χ3v) is 4.45. The average Bonchev–Trinajstić information content (AvgIpc) is 2.54. The van der Waals surface area contributed by atoms with E-state index in [2.05, 4.69) is 11.6 Å². The molecule has 22 heavy (non-hydrogen) atoms. The van der Waals surface area contributed by atoms with Gasteiger partial charge >= 0.3 is 0 Å². The Labute approximate surface area is 134 Å². The average molecular weight is 316 g/mol. The highest BCUT2D eigenvalue weighted by atomic mass is 32.2. The predicted octanol–water partition coefficient (Wildman–Crippen LogP) is 2.97. The van der Waals surface area contributed by atoms with Gasteiger partial charge in [-0.25, -0.2) is 4.98 Å². The molecule has 1 aromatic heterocycles. The van der Waals surface area contributed by atoms with Gasteiger partial charge in [0, 0.05) is 30.5 Å². The predicted molar refractivity (Wildman–Crippen MR) is 90.9 cm³/mol. The smallest absolute Gasteiger partial charge is 0.257 e. The number of aromatic nitrogens is 2. The van der Waals surface area contributed by atoms with Gasteiger partial charge in [0.05, 0.1) is 7.11 Å². The molecule has 0 fully saturated rings. The van der Waals surface area contributed by atoms with E-state index in [-0.39, 0.29) is 5.56 Å². The quantitative estimate of drug-likeness (QED) is 0.467. The molecule has 0 radical (unpaired) electrons. The normalized spacial score (nSPS) is 10.5. The molecule has 0 unspecified atom stereocenters. The summed E-state index contributed by atoms with van der Waals surface area (Å²) in [4.78, 5) is 17.1. The van der Waals surface area contributed by atoms with Gasteiger partial charge in [-0.2, -0.15) is 0 Å². The molecule has 1 heterocycles. The van der Waals surface area contributed by atoms with E-state index in [4.69, 9.17) is 4.74 Å². The lowest BCUT2D eigenvalue weighted by Gasteiger charge is -2.11. The number of aryl methyl sites for hydroxylation is 1. The van der Waals surface area contributed by atoms with Gasteiger partial charge in [0.15, 0.2) is 5.16 Å². The zero-order chi connectivity index (χ0) is 16.1. The zero-order valence-corrected chi connectivity index (χ0v) is 13.9. The molecule has 0 aliphatic carbocycles. The highest BCUT2D eigenvalue weighted by molar-refractivity contribution is 7.99. The summed E-state index contributed by atoms with van der Waals surface area (Å²) in [5.41, 5.74) is 2.59. The second kappa shape index (κ2) is 7.31. The molecule has 5 heteroatoms. The van der Waals surface area contributed by atoms with E-state index in [1.54, 1.807) is 24.8 Å². The maximum Gasteiger partial charge on any atom is 0.257 e. The Bertz CT molecular complexity index is 721. The minimum absolute atomic E-state index is 0.00915. The van der Waals surface area contributed by atoms with E-state index in [0.717, 1.165) is 33.5 Å². The van der Waals surface area contributed by atoms with Crippen LogP contribution in [0.15, 0.2) is 46.9 Å². The Morgan fingerprint density at radius 2 is 2.05 bits per heavy atom. The number of benzene rings is 1. The molecule has 0 atom stereocenters. The minimum atomic E-state index is 0.00915. The Balaban J connectivity index is 2.32. The van der Waals surface area contributed by atoms with Crippen molar-refractivity contribution >= 4 is 11.8 Å². The summed E-state index contributed by atoms with van der Waals surface area (Å²) in [5, 5.41) is 0.723. The molecule has 0 saturated heterocycles.